The van der Waals surface area contributed by atoms with E-state index in [0.717, 1.165) is 51.4 Å². The number of aliphatic hydroxyl groups excluding tert-OH is 2. The summed E-state index contributed by atoms with van der Waals surface area (Å²) in [6.45, 7) is 4.90. The van der Waals surface area contributed by atoms with Crippen LogP contribution >= 0.6 is 0 Å². The molecule has 0 saturated carbocycles. The molecule has 0 aliphatic carbocycles. The molecule has 0 bridgehead atoms. The van der Waals surface area contributed by atoms with E-state index in [0.29, 0.717) is 19.4 Å². The topological polar surface area (TPSA) is 95.9 Å². The van der Waals surface area contributed by atoms with Gasteiger partial charge in [-0.15, -0.1) is 0 Å². The summed E-state index contributed by atoms with van der Waals surface area (Å²) in [4.78, 5) is 24.6. The lowest BCUT2D eigenvalue weighted by atomic mass is 10.0. The van der Waals surface area contributed by atoms with Gasteiger partial charge in [0.1, 0.15) is 0 Å². The minimum absolute atomic E-state index is 0.00566. The number of ether oxygens (including phenoxy) is 1. The lowest BCUT2D eigenvalue weighted by Crippen LogP contribution is -2.45. The molecule has 0 aromatic heterocycles. The van der Waals surface area contributed by atoms with Gasteiger partial charge in [-0.2, -0.15) is 0 Å². The van der Waals surface area contributed by atoms with Crippen molar-refractivity contribution in [2.45, 2.75) is 450 Å². The van der Waals surface area contributed by atoms with E-state index in [-0.39, 0.29) is 18.5 Å². The van der Waals surface area contributed by atoms with Gasteiger partial charge in [0.25, 0.3) is 0 Å². The molecule has 0 rings (SSSR count). The van der Waals surface area contributed by atoms with Gasteiger partial charge in [-0.25, -0.2) is 0 Å². The number of hydrogen-bond acceptors (Lipinski definition) is 5. The van der Waals surface area contributed by atoms with Crippen LogP contribution in [0.15, 0.2) is 48.6 Å². The van der Waals surface area contributed by atoms with Crippen LogP contribution in [-0.4, -0.2) is 47.4 Å². The molecule has 0 spiro atoms. The van der Waals surface area contributed by atoms with Gasteiger partial charge < -0.3 is 20.3 Å². The summed E-state index contributed by atoms with van der Waals surface area (Å²) >= 11 is 0. The zero-order valence-corrected chi connectivity index (χ0v) is 59.5. The highest BCUT2D eigenvalue weighted by Crippen LogP contribution is 2.19. The number of unbranched alkanes of at least 4 members (excludes halogenated alkanes) is 58. The summed E-state index contributed by atoms with van der Waals surface area (Å²) in [5.41, 5.74) is 0. The normalized spacial score (nSPS) is 12.7. The smallest absolute Gasteiger partial charge is 0.305 e. The van der Waals surface area contributed by atoms with Gasteiger partial charge in [-0.1, -0.05) is 390 Å². The van der Waals surface area contributed by atoms with Crippen LogP contribution in [0.2, 0.25) is 0 Å². The van der Waals surface area contributed by atoms with Crippen molar-refractivity contribution in [2.24, 2.45) is 0 Å². The first-order valence-corrected chi connectivity index (χ1v) is 39.9. The van der Waals surface area contributed by atoms with Crippen LogP contribution in [0.4, 0.5) is 0 Å². The van der Waals surface area contributed by atoms with Gasteiger partial charge in [0.2, 0.25) is 5.91 Å². The zero-order chi connectivity index (χ0) is 63.5. The molecule has 0 aromatic rings. The standard InChI is InChI=1S/C82H155NO5/c1-3-5-7-9-11-13-15-17-19-20-21-22-38-41-44-47-50-54-58-62-66-70-74-80(85)79(78-84)83-81(86)75-71-67-63-59-55-51-48-45-42-39-36-34-32-30-28-26-24-23-25-27-29-31-33-35-37-40-43-46-49-53-57-61-65-69-73-77-88-82(87)76-72-68-64-60-56-52-18-16-14-12-10-8-6-4-2/h10,12,16,18,25,27,70,74,79-80,84-85H,3-9,11,13-15,17,19-24,26,28-69,71-73,75-78H2,1-2H3,(H,83,86)/b12-10-,18-16-,27-25-,74-70+. The van der Waals surface area contributed by atoms with E-state index in [2.05, 4.69) is 55.6 Å². The van der Waals surface area contributed by atoms with Crippen molar-refractivity contribution in [3.63, 3.8) is 0 Å². The second-order valence-corrected chi connectivity index (χ2v) is 27.4. The highest BCUT2D eigenvalue weighted by Gasteiger charge is 2.18. The molecule has 6 nitrogen and oxygen atoms in total. The highest BCUT2D eigenvalue weighted by atomic mass is 16.5. The molecule has 0 fully saturated rings. The molecule has 0 aliphatic heterocycles. The van der Waals surface area contributed by atoms with Crippen LogP contribution in [0.5, 0.6) is 0 Å². The molecular weight excluding hydrogens is 1080 g/mol. The number of carbonyl (C=O) groups is 2. The number of rotatable bonds is 75. The number of aliphatic hydroxyl groups is 2. The third-order valence-electron chi connectivity index (χ3n) is 18.6. The molecule has 1 amide bonds. The monoisotopic (exact) mass is 1230 g/mol. The molecule has 518 valence electrons. The Morgan fingerprint density at radius 1 is 0.318 bits per heavy atom. The van der Waals surface area contributed by atoms with Crippen molar-refractivity contribution in [2.75, 3.05) is 13.2 Å². The Hall–Kier alpha value is -2.18. The van der Waals surface area contributed by atoms with Crippen LogP contribution in [0.3, 0.4) is 0 Å². The van der Waals surface area contributed by atoms with Crippen LogP contribution < -0.4 is 5.32 Å². The van der Waals surface area contributed by atoms with Crippen molar-refractivity contribution in [3.05, 3.63) is 48.6 Å². The molecule has 0 radical (unpaired) electrons. The molecule has 0 saturated heterocycles. The van der Waals surface area contributed by atoms with Gasteiger partial charge in [0, 0.05) is 12.8 Å². The van der Waals surface area contributed by atoms with Gasteiger partial charge >= 0.3 is 5.97 Å². The van der Waals surface area contributed by atoms with E-state index in [9.17, 15) is 19.8 Å². The number of amides is 1. The van der Waals surface area contributed by atoms with Crippen LogP contribution in [0, 0.1) is 0 Å². The predicted octanol–water partition coefficient (Wildman–Crippen LogP) is 26.4. The summed E-state index contributed by atoms with van der Waals surface area (Å²) in [7, 11) is 0. The zero-order valence-electron chi connectivity index (χ0n) is 59.5. The Labute approximate surface area is 550 Å². The highest BCUT2D eigenvalue weighted by molar-refractivity contribution is 5.76. The first-order chi connectivity index (χ1) is 43.5. The average molecular weight is 1240 g/mol. The number of hydrogen-bond donors (Lipinski definition) is 3. The average Bonchev–Trinajstić information content (AvgIpc) is 3.58. The van der Waals surface area contributed by atoms with Crippen molar-refractivity contribution in [1.29, 1.82) is 0 Å². The van der Waals surface area contributed by atoms with Crippen molar-refractivity contribution in [1.82, 2.24) is 5.32 Å². The van der Waals surface area contributed by atoms with Crippen LogP contribution in [-0.2, 0) is 14.3 Å². The molecule has 0 heterocycles. The third kappa shape index (κ3) is 72.9. The van der Waals surface area contributed by atoms with Crippen molar-refractivity contribution >= 4 is 11.9 Å². The van der Waals surface area contributed by atoms with Crippen LogP contribution in [0.25, 0.3) is 0 Å². The SMILES string of the molecule is CCCC/C=C\C/C=C\CCCCCCCC(=O)OCCCCCCCCCCCCCCCC/C=C\CCCCCCCCCCCCCCCCCCCC(=O)NC(CO)C(O)/C=C/CCCCCCCCCCCCCCCCCCCCCC. The summed E-state index contributed by atoms with van der Waals surface area (Å²) in [6, 6.07) is -0.627. The summed E-state index contributed by atoms with van der Waals surface area (Å²) in [5, 5.41) is 23.3. The number of nitrogens with one attached hydrogen (secondary N) is 1. The Morgan fingerprint density at radius 2 is 0.580 bits per heavy atom. The fraction of sp³-hybridized carbons (Fsp3) is 0.878. The lowest BCUT2D eigenvalue weighted by molar-refractivity contribution is -0.143. The third-order valence-corrected chi connectivity index (χ3v) is 18.6. The summed E-state index contributed by atoms with van der Waals surface area (Å²) < 4.78 is 5.49. The molecule has 88 heavy (non-hydrogen) atoms. The van der Waals surface area contributed by atoms with Gasteiger partial charge in [-0.3, -0.25) is 9.59 Å². The Balaban J connectivity index is 3.37. The van der Waals surface area contributed by atoms with Gasteiger partial charge in [-0.05, 0) is 83.5 Å². The van der Waals surface area contributed by atoms with Crippen molar-refractivity contribution < 1.29 is 24.5 Å². The van der Waals surface area contributed by atoms with Crippen LogP contribution in [0.1, 0.15) is 438 Å². The molecule has 2 unspecified atom stereocenters. The summed E-state index contributed by atoms with van der Waals surface area (Å²) in [5.74, 6) is -0.0544. The largest absolute Gasteiger partial charge is 0.466 e. The molecule has 3 N–H and O–H groups in total. The quantitative estimate of drug-likeness (QED) is 0.0320. The minimum atomic E-state index is -0.844. The Bertz CT molecular complexity index is 1470. The van der Waals surface area contributed by atoms with Gasteiger partial charge in [0.05, 0.1) is 25.4 Å². The maximum absolute atomic E-state index is 12.5. The fourth-order valence-electron chi connectivity index (χ4n) is 12.5. The number of carbonyl (C=O) groups excluding carboxylic acids is 2. The maximum atomic E-state index is 12.5. The fourth-order valence-corrected chi connectivity index (χ4v) is 12.5. The lowest BCUT2D eigenvalue weighted by Gasteiger charge is -2.20. The van der Waals surface area contributed by atoms with E-state index in [1.54, 1.807) is 6.08 Å². The van der Waals surface area contributed by atoms with E-state index in [4.69, 9.17) is 4.74 Å². The first-order valence-electron chi connectivity index (χ1n) is 39.9. The predicted molar refractivity (Wildman–Crippen MR) is 389 cm³/mol. The van der Waals surface area contributed by atoms with E-state index in [1.807, 2.05) is 6.08 Å². The van der Waals surface area contributed by atoms with E-state index >= 15 is 0 Å². The first kappa shape index (κ1) is 85.8. The Kier molecular flexibility index (Phi) is 75.4. The van der Waals surface area contributed by atoms with E-state index < -0.39 is 12.1 Å². The molecule has 2 atom stereocenters. The van der Waals surface area contributed by atoms with Gasteiger partial charge in [0.15, 0.2) is 0 Å². The molecule has 0 aromatic carbocycles. The molecule has 6 heteroatoms. The summed E-state index contributed by atoms with van der Waals surface area (Å²) in [6.07, 6.45) is 102. The molecule has 0 aliphatic rings. The number of allylic oxidation sites excluding steroid dienone is 7. The Morgan fingerprint density at radius 3 is 0.909 bits per heavy atom. The minimum Gasteiger partial charge on any atom is -0.466 e. The van der Waals surface area contributed by atoms with E-state index in [1.165, 1.54) is 360 Å². The maximum Gasteiger partial charge on any atom is 0.305 e. The molecular formula is C82H155NO5. The van der Waals surface area contributed by atoms with Crippen molar-refractivity contribution in [3.8, 4) is 0 Å². The second-order valence-electron chi connectivity index (χ2n) is 27.4. The second kappa shape index (κ2) is 77.3. The number of esters is 1.